The van der Waals surface area contributed by atoms with Crippen LogP contribution in [0.25, 0.3) is 0 Å². The van der Waals surface area contributed by atoms with Crippen molar-refractivity contribution in [3.05, 3.63) is 21.9 Å². The lowest BCUT2D eigenvalue weighted by Crippen LogP contribution is -2.07. The van der Waals surface area contributed by atoms with E-state index in [1.807, 2.05) is 0 Å². The Balaban J connectivity index is 2.25. The molecule has 2 rings (SSSR count). The summed E-state index contributed by atoms with van der Waals surface area (Å²) in [4.78, 5) is 16.9. The highest BCUT2D eigenvalue weighted by molar-refractivity contribution is 5.17. The van der Waals surface area contributed by atoms with Crippen LogP contribution in [0.5, 0.6) is 0 Å². The Kier molecular flexibility index (Phi) is 2.72. The van der Waals surface area contributed by atoms with Crippen LogP contribution in [0.15, 0.2) is 4.79 Å². The number of hydrogen-bond acceptors (Lipinski definition) is 2. The van der Waals surface area contributed by atoms with Gasteiger partial charge in [-0.05, 0) is 19.4 Å². The van der Waals surface area contributed by atoms with Crippen LogP contribution in [0.2, 0.25) is 0 Å². The Morgan fingerprint density at radius 3 is 2.64 bits per heavy atom. The SMILES string of the molecule is NCCc1[nH]c(=O)[nH]c1C1CCCC1. The number of aromatic amines is 2. The average Bonchev–Trinajstić information content (AvgIpc) is 2.74. The summed E-state index contributed by atoms with van der Waals surface area (Å²) < 4.78 is 0. The highest BCUT2D eigenvalue weighted by Gasteiger charge is 2.21. The Morgan fingerprint density at radius 2 is 2.00 bits per heavy atom. The molecule has 0 spiro atoms. The molecular formula is C10H17N3O. The monoisotopic (exact) mass is 195 g/mol. The van der Waals surface area contributed by atoms with Crippen molar-refractivity contribution in [3.63, 3.8) is 0 Å². The fraction of sp³-hybridized carbons (Fsp3) is 0.700. The summed E-state index contributed by atoms with van der Waals surface area (Å²) in [6.45, 7) is 0.591. The second kappa shape index (κ2) is 4.00. The van der Waals surface area contributed by atoms with Crippen LogP contribution in [0, 0.1) is 0 Å². The lowest BCUT2D eigenvalue weighted by Gasteiger charge is -2.08. The van der Waals surface area contributed by atoms with E-state index in [9.17, 15) is 4.79 Å². The molecule has 4 N–H and O–H groups in total. The van der Waals surface area contributed by atoms with Crippen LogP contribution in [0.4, 0.5) is 0 Å². The molecule has 78 valence electrons. The number of nitrogens with one attached hydrogen (secondary N) is 2. The van der Waals surface area contributed by atoms with Gasteiger partial charge >= 0.3 is 5.69 Å². The summed E-state index contributed by atoms with van der Waals surface area (Å²) >= 11 is 0. The Morgan fingerprint density at radius 1 is 1.29 bits per heavy atom. The van der Waals surface area contributed by atoms with Gasteiger partial charge in [0.15, 0.2) is 0 Å². The van der Waals surface area contributed by atoms with Crippen LogP contribution in [-0.4, -0.2) is 16.5 Å². The number of H-pyrrole nitrogens is 2. The van der Waals surface area contributed by atoms with E-state index in [4.69, 9.17) is 5.73 Å². The molecule has 1 heterocycles. The van der Waals surface area contributed by atoms with Crippen molar-refractivity contribution in [3.8, 4) is 0 Å². The molecule has 4 heteroatoms. The van der Waals surface area contributed by atoms with Crippen molar-refractivity contribution in [1.29, 1.82) is 0 Å². The highest BCUT2D eigenvalue weighted by Crippen LogP contribution is 2.33. The molecule has 0 radical (unpaired) electrons. The van der Waals surface area contributed by atoms with Gasteiger partial charge in [-0.25, -0.2) is 4.79 Å². The molecule has 14 heavy (non-hydrogen) atoms. The summed E-state index contributed by atoms with van der Waals surface area (Å²) in [6.07, 6.45) is 5.72. The Bertz CT molecular complexity index is 346. The minimum atomic E-state index is -0.0876. The average molecular weight is 195 g/mol. The number of rotatable bonds is 3. The van der Waals surface area contributed by atoms with Crippen LogP contribution >= 0.6 is 0 Å². The van der Waals surface area contributed by atoms with Gasteiger partial charge in [0.1, 0.15) is 0 Å². The zero-order valence-corrected chi connectivity index (χ0v) is 8.31. The largest absolute Gasteiger partial charge is 0.330 e. The maximum Gasteiger partial charge on any atom is 0.323 e. The first kappa shape index (κ1) is 9.52. The molecule has 1 aromatic heterocycles. The van der Waals surface area contributed by atoms with Gasteiger partial charge in [0, 0.05) is 23.7 Å². The van der Waals surface area contributed by atoms with E-state index in [0.717, 1.165) is 17.8 Å². The summed E-state index contributed by atoms with van der Waals surface area (Å²) in [5.74, 6) is 0.551. The molecular weight excluding hydrogens is 178 g/mol. The lowest BCUT2D eigenvalue weighted by atomic mass is 10.0. The third-order valence-corrected chi connectivity index (χ3v) is 3.00. The smallest absolute Gasteiger partial charge is 0.323 e. The van der Waals surface area contributed by atoms with E-state index in [0.29, 0.717) is 12.5 Å². The molecule has 1 fully saturated rings. The fourth-order valence-corrected chi connectivity index (χ4v) is 2.34. The zero-order chi connectivity index (χ0) is 9.97. The number of hydrogen-bond donors (Lipinski definition) is 3. The van der Waals surface area contributed by atoms with E-state index in [1.54, 1.807) is 0 Å². The van der Waals surface area contributed by atoms with Crippen LogP contribution in [0.1, 0.15) is 43.0 Å². The van der Waals surface area contributed by atoms with Gasteiger partial charge in [0.2, 0.25) is 0 Å². The molecule has 4 nitrogen and oxygen atoms in total. The van der Waals surface area contributed by atoms with Crippen molar-refractivity contribution in [2.45, 2.75) is 38.0 Å². The van der Waals surface area contributed by atoms with Crippen molar-refractivity contribution < 1.29 is 0 Å². The first-order chi connectivity index (χ1) is 6.81. The van der Waals surface area contributed by atoms with Crippen molar-refractivity contribution in [2.24, 2.45) is 5.73 Å². The lowest BCUT2D eigenvalue weighted by molar-refractivity contribution is 0.688. The number of imidazole rings is 1. The number of nitrogens with two attached hydrogens (primary N) is 1. The molecule has 1 aromatic rings. The molecule has 0 saturated heterocycles. The van der Waals surface area contributed by atoms with Gasteiger partial charge in [-0.2, -0.15) is 0 Å². The third kappa shape index (κ3) is 1.75. The predicted octanol–water partition coefficient (Wildman–Crippen LogP) is 0.862. The van der Waals surface area contributed by atoms with Gasteiger partial charge in [-0.1, -0.05) is 12.8 Å². The van der Waals surface area contributed by atoms with Crippen molar-refractivity contribution >= 4 is 0 Å². The minimum absolute atomic E-state index is 0.0876. The van der Waals surface area contributed by atoms with Crippen molar-refractivity contribution in [2.75, 3.05) is 6.54 Å². The zero-order valence-electron chi connectivity index (χ0n) is 8.31. The van der Waals surface area contributed by atoms with Crippen LogP contribution < -0.4 is 11.4 Å². The van der Waals surface area contributed by atoms with E-state index >= 15 is 0 Å². The molecule has 0 aliphatic heterocycles. The molecule has 1 aliphatic carbocycles. The first-order valence-electron chi connectivity index (χ1n) is 5.32. The summed E-state index contributed by atoms with van der Waals surface area (Å²) in [5, 5.41) is 0. The van der Waals surface area contributed by atoms with E-state index in [1.165, 1.54) is 25.7 Å². The molecule has 0 atom stereocenters. The minimum Gasteiger partial charge on any atom is -0.330 e. The van der Waals surface area contributed by atoms with Gasteiger partial charge in [-0.15, -0.1) is 0 Å². The quantitative estimate of drug-likeness (QED) is 0.669. The van der Waals surface area contributed by atoms with Crippen LogP contribution in [0.3, 0.4) is 0 Å². The predicted molar refractivity (Wildman–Crippen MR) is 55.4 cm³/mol. The molecule has 0 unspecified atom stereocenters. The van der Waals surface area contributed by atoms with E-state index in [2.05, 4.69) is 9.97 Å². The van der Waals surface area contributed by atoms with Crippen LogP contribution in [-0.2, 0) is 6.42 Å². The third-order valence-electron chi connectivity index (χ3n) is 3.00. The second-order valence-electron chi connectivity index (χ2n) is 3.99. The molecule has 1 saturated carbocycles. The van der Waals surface area contributed by atoms with Crippen molar-refractivity contribution in [1.82, 2.24) is 9.97 Å². The summed E-state index contributed by atoms with van der Waals surface area (Å²) in [6, 6.07) is 0. The van der Waals surface area contributed by atoms with Gasteiger partial charge in [0.05, 0.1) is 0 Å². The standard InChI is InChI=1S/C10H17N3O/c11-6-5-8-9(13-10(14)12-8)7-3-1-2-4-7/h7H,1-6,11H2,(H2,12,13,14). The van der Waals surface area contributed by atoms with Gasteiger partial charge in [0.25, 0.3) is 0 Å². The Hall–Kier alpha value is -1.03. The maximum atomic E-state index is 11.2. The topological polar surface area (TPSA) is 74.7 Å². The fourth-order valence-electron chi connectivity index (χ4n) is 2.34. The number of aromatic nitrogens is 2. The molecule has 0 aromatic carbocycles. The normalized spacial score (nSPS) is 17.8. The second-order valence-corrected chi connectivity index (χ2v) is 3.99. The van der Waals surface area contributed by atoms with E-state index < -0.39 is 0 Å². The highest BCUT2D eigenvalue weighted by atomic mass is 16.1. The summed E-state index contributed by atoms with van der Waals surface area (Å²) in [7, 11) is 0. The molecule has 0 bridgehead atoms. The first-order valence-corrected chi connectivity index (χ1v) is 5.32. The van der Waals surface area contributed by atoms with E-state index in [-0.39, 0.29) is 5.69 Å². The Labute approximate surface area is 82.9 Å². The maximum absolute atomic E-state index is 11.2. The van der Waals surface area contributed by atoms with Gasteiger partial charge < -0.3 is 15.7 Å². The molecule has 0 amide bonds. The van der Waals surface area contributed by atoms with Gasteiger partial charge in [-0.3, -0.25) is 0 Å². The summed E-state index contributed by atoms with van der Waals surface area (Å²) in [5.41, 5.74) is 7.54. The molecule has 1 aliphatic rings.